The molecule has 0 saturated carbocycles. The average molecular weight is 229 g/mol. The summed E-state index contributed by atoms with van der Waals surface area (Å²) in [6, 6.07) is 5.79. The third kappa shape index (κ3) is 1.39. The number of rotatable bonds is 2. The second-order valence-corrected chi connectivity index (χ2v) is 3.67. The van der Waals surface area contributed by atoms with Gasteiger partial charge in [0.15, 0.2) is 5.75 Å². The van der Waals surface area contributed by atoms with Crippen molar-refractivity contribution in [3.8, 4) is 11.5 Å². The van der Waals surface area contributed by atoms with Gasteiger partial charge in [0.05, 0.1) is 20.4 Å². The van der Waals surface area contributed by atoms with Gasteiger partial charge >= 0.3 is 0 Å². The molecule has 0 aliphatic carbocycles. The van der Waals surface area contributed by atoms with Crippen molar-refractivity contribution in [3.05, 3.63) is 24.4 Å². The highest BCUT2D eigenvalue weighted by molar-refractivity contribution is 6.06. The van der Waals surface area contributed by atoms with Crippen molar-refractivity contribution >= 4 is 21.9 Å². The van der Waals surface area contributed by atoms with Crippen molar-refractivity contribution in [1.82, 2.24) is 15.2 Å². The molecule has 17 heavy (non-hydrogen) atoms. The van der Waals surface area contributed by atoms with Crippen molar-refractivity contribution in [2.75, 3.05) is 14.2 Å². The standard InChI is InChI=1S/C12H11N3O2/c1-16-7-3-4-9-8(5-7)11-12(14-9)10(17-2)6-13-15-11/h3-6,14H,1-2H3. The van der Waals surface area contributed by atoms with Gasteiger partial charge in [0, 0.05) is 10.9 Å². The van der Waals surface area contributed by atoms with Crippen LogP contribution >= 0.6 is 0 Å². The van der Waals surface area contributed by atoms with Gasteiger partial charge in [-0.25, -0.2) is 0 Å². The number of aromatic nitrogens is 3. The fraction of sp³-hybridized carbons (Fsp3) is 0.167. The molecule has 0 spiro atoms. The molecular formula is C12H11N3O2. The van der Waals surface area contributed by atoms with Gasteiger partial charge in [-0.05, 0) is 18.2 Å². The summed E-state index contributed by atoms with van der Waals surface area (Å²) >= 11 is 0. The number of nitrogens with one attached hydrogen (secondary N) is 1. The Bertz CT molecular complexity index is 691. The normalized spacial score (nSPS) is 10.9. The van der Waals surface area contributed by atoms with Gasteiger partial charge in [0.2, 0.25) is 0 Å². The summed E-state index contributed by atoms with van der Waals surface area (Å²) in [5.74, 6) is 1.48. The molecule has 0 aliphatic rings. The fourth-order valence-electron chi connectivity index (χ4n) is 1.92. The molecule has 0 bridgehead atoms. The first-order valence-corrected chi connectivity index (χ1v) is 5.18. The fourth-order valence-corrected chi connectivity index (χ4v) is 1.92. The highest BCUT2D eigenvalue weighted by Gasteiger charge is 2.11. The van der Waals surface area contributed by atoms with E-state index in [4.69, 9.17) is 9.47 Å². The van der Waals surface area contributed by atoms with Crippen LogP contribution in [0.25, 0.3) is 21.9 Å². The predicted molar refractivity (Wildman–Crippen MR) is 64.5 cm³/mol. The Labute approximate surface area is 97.4 Å². The van der Waals surface area contributed by atoms with Crippen LogP contribution in [0.4, 0.5) is 0 Å². The van der Waals surface area contributed by atoms with Crippen LogP contribution in [0.2, 0.25) is 0 Å². The van der Waals surface area contributed by atoms with E-state index >= 15 is 0 Å². The number of aromatic amines is 1. The molecule has 5 heteroatoms. The Balaban J connectivity index is 2.42. The highest BCUT2D eigenvalue weighted by Crippen LogP contribution is 2.30. The Morgan fingerprint density at radius 1 is 1.18 bits per heavy atom. The SMILES string of the molecule is COc1ccc2[nH]c3c(OC)cnnc3c2c1. The maximum Gasteiger partial charge on any atom is 0.164 e. The minimum Gasteiger partial charge on any atom is -0.497 e. The van der Waals surface area contributed by atoms with Crippen LogP contribution in [0, 0.1) is 0 Å². The van der Waals surface area contributed by atoms with Crippen molar-refractivity contribution in [1.29, 1.82) is 0 Å². The molecule has 0 radical (unpaired) electrons. The second kappa shape index (κ2) is 3.62. The molecule has 1 N–H and O–H groups in total. The lowest BCUT2D eigenvalue weighted by Crippen LogP contribution is -1.88. The number of ether oxygens (including phenoxy) is 2. The average Bonchev–Trinajstić information content (AvgIpc) is 2.76. The van der Waals surface area contributed by atoms with Gasteiger partial charge in [-0.3, -0.25) is 0 Å². The molecule has 1 aromatic carbocycles. The molecule has 5 nitrogen and oxygen atoms in total. The van der Waals surface area contributed by atoms with Crippen molar-refractivity contribution in [2.24, 2.45) is 0 Å². The molecule has 0 aliphatic heterocycles. The molecule has 2 heterocycles. The number of nitrogens with zero attached hydrogens (tertiary/aromatic N) is 2. The Morgan fingerprint density at radius 3 is 2.82 bits per heavy atom. The number of fused-ring (bicyclic) bond motifs is 3. The third-order valence-corrected chi connectivity index (χ3v) is 2.78. The monoisotopic (exact) mass is 229 g/mol. The topological polar surface area (TPSA) is 60.0 Å². The van der Waals surface area contributed by atoms with Crippen molar-refractivity contribution in [3.63, 3.8) is 0 Å². The maximum absolute atomic E-state index is 5.25. The van der Waals surface area contributed by atoms with Gasteiger partial charge in [0.25, 0.3) is 0 Å². The first-order valence-electron chi connectivity index (χ1n) is 5.18. The lowest BCUT2D eigenvalue weighted by molar-refractivity contribution is 0.415. The Hall–Kier alpha value is -2.30. The first-order chi connectivity index (χ1) is 8.33. The summed E-state index contributed by atoms with van der Waals surface area (Å²) in [6.45, 7) is 0. The smallest absolute Gasteiger partial charge is 0.164 e. The largest absolute Gasteiger partial charge is 0.497 e. The molecule has 0 unspecified atom stereocenters. The summed E-state index contributed by atoms with van der Waals surface area (Å²) in [5.41, 5.74) is 2.63. The first kappa shape index (κ1) is 9.89. The van der Waals surface area contributed by atoms with E-state index < -0.39 is 0 Å². The van der Waals surface area contributed by atoms with E-state index in [0.717, 1.165) is 27.7 Å². The zero-order valence-corrected chi connectivity index (χ0v) is 9.52. The summed E-state index contributed by atoms with van der Waals surface area (Å²) in [6.07, 6.45) is 1.59. The second-order valence-electron chi connectivity index (χ2n) is 3.67. The minimum atomic E-state index is 0.685. The van der Waals surface area contributed by atoms with E-state index in [1.54, 1.807) is 20.4 Å². The van der Waals surface area contributed by atoms with Crippen LogP contribution in [0.15, 0.2) is 24.4 Å². The van der Waals surface area contributed by atoms with Crippen LogP contribution < -0.4 is 9.47 Å². The molecule has 3 aromatic rings. The molecule has 0 amide bonds. The molecule has 0 saturated heterocycles. The molecule has 3 rings (SSSR count). The predicted octanol–water partition coefficient (Wildman–Crippen LogP) is 2.13. The summed E-state index contributed by atoms with van der Waals surface area (Å²) in [4.78, 5) is 3.27. The number of benzene rings is 1. The zero-order valence-electron chi connectivity index (χ0n) is 9.52. The molecule has 86 valence electrons. The quantitative estimate of drug-likeness (QED) is 0.731. The zero-order chi connectivity index (χ0) is 11.8. The van der Waals surface area contributed by atoms with Crippen LogP contribution in [0.3, 0.4) is 0 Å². The van der Waals surface area contributed by atoms with Crippen molar-refractivity contribution < 1.29 is 9.47 Å². The third-order valence-electron chi connectivity index (χ3n) is 2.78. The van der Waals surface area contributed by atoms with E-state index in [2.05, 4.69) is 15.2 Å². The molecule has 0 atom stereocenters. The number of methoxy groups -OCH3 is 2. The highest BCUT2D eigenvalue weighted by atomic mass is 16.5. The van der Waals surface area contributed by atoms with Gasteiger partial charge in [-0.2, -0.15) is 5.10 Å². The van der Waals surface area contributed by atoms with Gasteiger partial charge in [-0.15, -0.1) is 5.10 Å². The minimum absolute atomic E-state index is 0.685. The summed E-state index contributed by atoms with van der Waals surface area (Å²) in [5, 5.41) is 9.04. The lowest BCUT2D eigenvalue weighted by Gasteiger charge is -1.98. The van der Waals surface area contributed by atoms with E-state index in [0.29, 0.717) is 5.75 Å². The number of H-pyrrole nitrogens is 1. The van der Waals surface area contributed by atoms with E-state index in [9.17, 15) is 0 Å². The Kier molecular flexibility index (Phi) is 2.11. The van der Waals surface area contributed by atoms with Crippen LogP contribution in [-0.2, 0) is 0 Å². The number of hydrogen-bond donors (Lipinski definition) is 1. The van der Waals surface area contributed by atoms with Gasteiger partial charge in [0.1, 0.15) is 16.8 Å². The van der Waals surface area contributed by atoms with E-state index in [1.807, 2.05) is 18.2 Å². The summed E-state index contributed by atoms with van der Waals surface area (Å²) < 4.78 is 10.5. The van der Waals surface area contributed by atoms with Crippen LogP contribution in [-0.4, -0.2) is 29.4 Å². The summed E-state index contributed by atoms with van der Waals surface area (Å²) in [7, 11) is 3.25. The van der Waals surface area contributed by atoms with E-state index in [1.165, 1.54) is 0 Å². The maximum atomic E-state index is 5.25. The van der Waals surface area contributed by atoms with Crippen LogP contribution in [0.5, 0.6) is 11.5 Å². The molecule has 0 fully saturated rings. The number of hydrogen-bond acceptors (Lipinski definition) is 4. The lowest BCUT2D eigenvalue weighted by atomic mass is 10.2. The molecule has 2 aromatic heterocycles. The van der Waals surface area contributed by atoms with E-state index in [-0.39, 0.29) is 0 Å². The van der Waals surface area contributed by atoms with Gasteiger partial charge < -0.3 is 14.5 Å². The Morgan fingerprint density at radius 2 is 2.06 bits per heavy atom. The van der Waals surface area contributed by atoms with Gasteiger partial charge in [-0.1, -0.05) is 0 Å². The van der Waals surface area contributed by atoms with Crippen molar-refractivity contribution in [2.45, 2.75) is 0 Å². The molecular weight excluding hydrogens is 218 g/mol. The van der Waals surface area contributed by atoms with Crippen LogP contribution in [0.1, 0.15) is 0 Å².